The molecule has 0 radical (unpaired) electrons. The molecule has 2 N–H and O–H groups in total. The predicted octanol–water partition coefficient (Wildman–Crippen LogP) is 1.34. The highest BCUT2D eigenvalue weighted by Gasteiger charge is 2.49. The van der Waals surface area contributed by atoms with Crippen molar-refractivity contribution in [1.82, 2.24) is 10.6 Å². The first-order valence-corrected chi connectivity index (χ1v) is 6.81. The highest BCUT2D eigenvalue weighted by atomic mass is 16.2. The van der Waals surface area contributed by atoms with Gasteiger partial charge in [0.2, 0.25) is 5.91 Å². The third-order valence-corrected chi connectivity index (χ3v) is 4.14. The van der Waals surface area contributed by atoms with Gasteiger partial charge < -0.3 is 10.6 Å². The average molecular weight is 244 g/mol. The van der Waals surface area contributed by atoms with Gasteiger partial charge in [-0.2, -0.15) is 0 Å². The second-order valence-corrected chi connectivity index (χ2v) is 5.68. The lowest BCUT2D eigenvalue weighted by atomic mass is 9.95. The fraction of sp³-hybridized carbons (Fsp3) is 0.533. The topological polar surface area (TPSA) is 41.1 Å². The van der Waals surface area contributed by atoms with Crippen LogP contribution in [-0.2, 0) is 11.2 Å². The Hall–Kier alpha value is -1.35. The summed E-state index contributed by atoms with van der Waals surface area (Å²) in [6.45, 7) is 2.93. The number of carbonyl (C=O) groups is 1. The monoisotopic (exact) mass is 244 g/mol. The van der Waals surface area contributed by atoms with E-state index in [4.69, 9.17) is 0 Å². The Labute approximate surface area is 108 Å². The van der Waals surface area contributed by atoms with E-state index in [1.807, 2.05) is 18.2 Å². The smallest absolute Gasteiger partial charge is 0.226 e. The van der Waals surface area contributed by atoms with Crippen molar-refractivity contribution in [3.63, 3.8) is 0 Å². The summed E-state index contributed by atoms with van der Waals surface area (Å²) < 4.78 is 0. The molecular formula is C15H20N2O. The van der Waals surface area contributed by atoms with Gasteiger partial charge in [0.15, 0.2) is 0 Å². The fourth-order valence-corrected chi connectivity index (χ4v) is 2.54. The predicted molar refractivity (Wildman–Crippen MR) is 71.2 cm³/mol. The third-order valence-electron chi connectivity index (χ3n) is 4.14. The summed E-state index contributed by atoms with van der Waals surface area (Å²) >= 11 is 0. The minimum Gasteiger partial charge on any atom is -0.355 e. The zero-order valence-electron chi connectivity index (χ0n) is 10.6. The van der Waals surface area contributed by atoms with Crippen LogP contribution in [0.3, 0.4) is 0 Å². The van der Waals surface area contributed by atoms with E-state index in [9.17, 15) is 4.79 Å². The van der Waals surface area contributed by atoms with Gasteiger partial charge in [0, 0.05) is 25.6 Å². The number of amides is 1. The van der Waals surface area contributed by atoms with Gasteiger partial charge in [0.05, 0.1) is 5.41 Å². The Balaban J connectivity index is 1.55. The van der Waals surface area contributed by atoms with E-state index in [2.05, 4.69) is 22.8 Å². The molecule has 0 atom stereocenters. The largest absolute Gasteiger partial charge is 0.355 e. The zero-order chi connectivity index (χ0) is 12.4. The standard InChI is InChI=1S/C15H20N2O/c18-14(17-11-13-9-16-10-13)15(6-7-15)8-12-4-2-1-3-5-12/h1-5,13,16H,6-11H2,(H,17,18). The van der Waals surface area contributed by atoms with Crippen molar-refractivity contribution >= 4 is 5.91 Å². The lowest BCUT2D eigenvalue weighted by Crippen LogP contribution is -2.49. The summed E-state index contributed by atoms with van der Waals surface area (Å²) in [6.07, 6.45) is 2.97. The van der Waals surface area contributed by atoms with Gasteiger partial charge in [-0.15, -0.1) is 0 Å². The second kappa shape index (κ2) is 4.73. The first kappa shape index (κ1) is 11.7. The van der Waals surface area contributed by atoms with E-state index >= 15 is 0 Å². The zero-order valence-corrected chi connectivity index (χ0v) is 10.6. The second-order valence-electron chi connectivity index (χ2n) is 5.68. The van der Waals surface area contributed by atoms with Crippen molar-refractivity contribution in [1.29, 1.82) is 0 Å². The van der Waals surface area contributed by atoms with E-state index in [0.29, 0.717) is 5.92 Å². The van der Waals surface area contributed by atoms with Crippen LogP contribution in [-0.4, -0.2) is 25.5 Å². The molecule has 0 unspecified atom stereocenters. The summed E-state index contributed by atoms with van der Waals surface area (Å²) in [7, 11) is 0. The Morgan fingerprint density at radius 3 is 2.56 bits per heavy atom. The molecule has 1 amide bonds. The maximum Gasteiger partial charge on any atom is 0.226 e. The first-order valence-electron chi connectivity index (χ1n) is 6.81. The molecule has 3 heteroatoms. The molecule has 0 aromatic heterocycles. The van der Waals surface area contributed by atoms with Gasteiger partial charge in [-0.25, -0.2) is 0 Å². The molecule has 3 rings (SSSR count). The number of benzene rings is 1. The van der Waals surface area contributed by atoms with Gasteiger partial charge in [-0.3, -0.25) is 4.79 Å². The summed E-state index contributed by atoms with van der Waals surface area (Å²) in [6, 6.07) is 10.3. The van der Waals surface area contributed by atoms with Crippen LogP contribution in [0.1, 0.15) is 18.4 Å². The summed E-state index contributed by atoms with van der Waals surface area (Å²) in [5.74, 6) is 0.903. The van der Waals surface area contributed by atoms with E-state index in [1.54, 1.807) is 0 Å². The molecule has 1 aliphatic heterocycles. The first-order chi connectivity index (χ1) is 8.78. The van der Waals surface area contributed by atoms with E-state index in [0.717, 1.165) is 38.9 Å². The fourth-order valence-electron chi connectivity index (χ4n) is 2.54. The lowest BCUT2D eigenvalue weighted by molar-refractivity contribution is -0.126. The number of carbonyl (C=O) groups excluding carboxylic acids is 1. The molecule has 1 heterocycles. The number of nitrogens with one attached hydrogen (secondary N) is 2. The SMILES string of the molecule is O=C(NCC1CNC1)C1(Cc2ccccc2)CC1. The van der Waals surface area contributed by atoms with Gasteiger partial charge >= 0.3 is 0 Å². The normalized spacial score (nSPS) is 21.1. The summed E-state index contributed by atoms with van der Waals surface area (Å²) in [5, 5.41) is 6.36. The Kier molecular flexibility index (Phi) is 3.08. The number of hydrogen-bond donors (Lipinski definition) is 2. The van der Waals surface area contributed by atoms with Crippen LogP contribution in [0.15, 0.2) is 30.3 Å². The highest BCUT2D eigenvalue weighted by molar-refractivity contribution is 5.85. The van der Waals surface area contributed by atoms with Crippen molar-refractivity contribution in [3.8, 4) is 0 Å². The molecule has 0 bridgehead atoms. The van der Waals surface area contributed by atoms with Crippen LogP contribution < -0.4 is 10.6 Å². The van der Waals surface area contributed by atoms with Crippen molar-refractivity contribution in [2.75, 3.05) is 19.6 Å². The average Bonchev–Trinajstić information content (AvgIpc) is 3.09. The Bertz CT molecular complexity index is 421. The molecule has 2 fully saturated rings. The van der Waals surface area contributed by atoms with Crippen LogP contribution in [0.4, 0.5) is 0 Å². The molecule has 1 aliphatic carbocycles. The van der Waals surface area contributed by atoms with Gasteiger partial charge in [-0.1, -0.05) is 30.3 Å². The quantitative estimate of drug-likeness (QED) is 0.821. The molecule has 2 aliphatic rings. The van der Waals surface area contributed by atoms with Crippen LogP contribution in [0.2, 0.25) is 0 Å². The Morgan fingerprint density at radius 2 is 2.00 bits per heavy atom. The summed E-state index contributed by atoms with van der Waals surface area (Å²) in [5.41, 5.74) is 1.17. The van der Waals surface area contributed by atoms with Crippen LogP contribution in [0.5, 0.6) is 0 Å². The van der Waals surface area contributed by atoms with Crippen molar-refractivity contribution in [2.24, 2.45) is 11.3 Å². The molecule has 96 valence electrons. The molecular weight excluding hydrogens is 224 g/mol. The Morgan fingerprint density at radius 1 is 1.28 bits per heavy atom. The van der Waals surface area contributed by atoms with Crippen LogP contribution >= 0.6 is 0 Å². The lowest BCUT2D eigenvalue weighted by Gasteiger charge is -2.28. The highest BCUT2D eigenvalue weighted by Crippen LogP contribution is 2.48. The number of rotatable bonds is 5. The molecule has 18 heavy (non-hydrogen) atoms. The third kappa shape index (κ3) is 2.41. The molecule has 1 aromatic carbocycles. The van der Waals surface area contributed by atoms with Gasteiger partial charge in [0.1, 0.15) is 0 Å². The van der Waals surface area contributed by atoms with Crippen LogP contribution in [0, 0.1) is 11.3 Å². The maximum absolute atomic E-state index is 12.2. The number of hydrogen-bond acceptors (Lipinski definition) is 2. The molecule has 1 saturated heterocycles. The van der Waals surface area contributed by atoms with Crippen molar-refractivity contribution in [3.05, 3.63) is 35.9 Å². The van der Waals surface area contributed by atoms with Crippen molar-refractivity contribution < 1.29 is 4.79 Å². The minimum atomic E-state index is -0.0987. The van der Waals surface area contributed by atoms with Crippen molar-refractivity contribution in [2.45, 2.75) is 19.3 Å². The van der Waals surface area contributed by atoms with Gasteiger partial charge in [-0.05, 0) is 24.8 Å². The maximum atomic E-state index is 12.2. The molecule has 1 aromatic rings. The van der Waals surface area contributed by atoms with E-state index < -0.39 is 0 Å². The van der Waals surface area contributed by atoms with E-state index in [-0.39, 0.29) is 11.3 Å². The molecule has 0 spiro atoms. The summed E-state index contributed by atoms with van der Waals surface area (Å²) in [4.78, 5) is 12.2. The molecule has 3 nitrogen and oxygen atoms in total. The van der Waals surface area contributed by atoms with E-state index in [1.165, 1.54) is 5.56 Å². The van der Waals surface area contributed by atoms with Crippen LogP contribution in [0.25, 0.3) is 0 Å². The minimum absolute atomic E-state index is 0.0987. The van der Waals surface area contributed by atoms with Gasteiger partial charge in [0.25, 0.3) is 0 Å². The molecule has 1 saturated carbocycles.